The van der Waals surface area contributed by atoms with Crippen LogP contribution >= 0.6 is 36.2 Å². The minimum atomic E-state index is -0.309. The van der Waals surface area contributed by atoms with E-state index in [1.165, 1.54) is 11.3 Å². The smallest absolute Gasteiger partial charge is 0.306 e. The van der Waals surface area contributed by atoms with E-state index in [2.05, 4.69) is 22.5 Å². The second kappa shape index (κ2) is 17.7. The summed E-state index contributed by atoms with van der Waals surface area (Å²) in [4.78, 5) is 28.6. The van der Waals surface area contributed by atoms with E-state index in [9.17, 15) is 9.59 Å². The summed E-state index contributed by atoms with van der Waals surface area (Å²) in [5, 5.41) is 8.73. The van der Waals surface area contributed by atoms with Crippen molar-refractivity contribution in [2.45, 2.75) is 51.6 Å². The van der Waals surface area contributed by atoms with Gasteiger partial charge in [-0.3, -0.25) is 9.59 Å². The summed E-state index contributed by atoms with van der Waals surface area (Å²) in [7, 11) is 0. The number of unbranched alkanes of at least 4 members (excludes halogenated alkanes) is 2. The second-order valence-corrected chi connectivity index (χ2v) is 9.33. The van der Waals surface area contributed by atoms with Crippen LogP contribution in [0, 0.1) is 0 Å². The molecule has 0 spiro atoms. The third-order valence-electron chi connectivity index (χ3n) is 5.47. The normalized spacial score (nSPS) is 11.1. The number of nitrogens with zero attached hydrogens (tertiary/aromatic N) is 1. The Morgan fingerprint density at radius 3 is 2.43 bits per heavy atom. The fourth-order valence-electron chi connectivity index (χ4n) is 3.60. The minimum Gasteiger partial charge on any atom is -0.456 e. The molecule has 0 aliphatic carbocycles. The average Bonchev–Trinajstić information content (AvgIpc) is 3.27. The largest absolute Gasteiger partial charge is 0.456 e. The number of esters is 1. The summed E-state index contributed by atoms with van der Waals surface area (Å²) in [6.07, 6.45) is 4.14. The van der Waals surface area contributed by atoms with Crippen LogP contribution in [0.4, 0.5) is 11.5 Å². The average molecular weight is 568 g/mol. The first-order chi connectivity index (χ1) is 17.0. The number of hydrogen-bond acceptors (Lipinski definition) is 7. The van der Waals surface area contributed by atoms with E-state index < -0.39 is 0 Å². The first-order valence-corrected chi connectivity index (χ1v) is 12.9. The molecule has 202 valence electrons. The summed E-state index contributed by atoms with van der Waals surface area (Å²) in [6.45, 7) is 3.42. The Morgan fingerprint density at radius 2 is 1.78 bits per heavy atom. The zero-order valence-electron chi connectivity index (χ0n) is 21.0. The second-order valence-electron chi connectivity index (χ2n) is 8.39. The lowest BCUT2D eigenvalue weighted by atomic mass is 10.1. The highest BCUT2D eigenvalue weighted by atomic mass is 35.5. The van der Waals surface area contributed by atoms with E-state index in [4.69, 9.17) is 10.5 Å². The molecule has 0 saturated carbocycles. The molecule has 0 bridgehead atoms. The number of halogens is 2. The van der Waals surface area contributed by atoms with Gasteiger partial charge in [-0.15, -0.1) is 36.2 Å². The number of carbonyl (C=O) groups is 2. The molecule has 1 amide bonds. The van der Waals surface area contributed by atoms with Crippen LogP contribution in [0.1, 0.15) is 54.8 Å². The van der Waals surface area contributed by atoms with Crippen molar-refractivity contribution >= 4 is 59.5 Å². The van der Waals surface area contributed by atoms with Crippen molar-refractivity contribution in [1.29, 1.82) is 0 Å². The molecule has 7 nitrogen and oxygen atoms in total. The van der Waals surface area contributed by atoms with Crippen molar-refractivity contribution in [1.82, 2.24) is 10.3 Å². The molecule has 1 unspecified atom stereocenters. The predicted octanol–water partition coefficient (Wildman–Crippen LogP) is 5.75. The molecule has 0 saturated heterocycles. The Morgan fingerprint density at radius 1 is 1.05 bits per heavy atom. The standard InChI is InChI=1S/C27H34N4O3S.2ClH/c1-2-3-5-10-27(33)34-23(21-8-6-4-7-9-21)18-29-16-15-20-11-13-22(14-12-20)30-25(32)17-26-31-24(28)19-35-26;;/h4,6-9,11-14,19,23,29H,2-3,5,10,15-18,28H2,1H3,(H,30,32);2*1H. The minimum absolute atomic E-state index is 0. The molecule has 1 heterocycles. The molecule has 3 aromatic rings. The number of nitrogens with one attached hydrogen (secondary N) is 2. The van der Waals surface area contributed by atoms with Crippen LogP contribution in [0.2, 0.25) is 0 Å². The molecule has 0 aliphatic rings. The van der Waals surface area contributed by atoms with E-state index in [1.807, 2.05) is 54.6 Å². The van der Waals surface area contributed by atoms with Gasteiger partial charge in [0.2, 0.25) is 5.91 Å². The van der Waals surface area contributed by atoms with E-state index in [1.54, 1.807) is 5.38 Å². The topological polar surface area (TPSA) is 106 Å². The fraction of sp³-hybridized carbons (Fsp3) is 0.370. The van der Waals surface area contributed by atoms with Gasteiger partial charge >= 0.3 is 5.97 Å². The Hall–Kier alpha value is -2.65. The molecular formula is C27H36Cl2N4O3S. The van der Waals surface area contributed by atoms with Crippen molar-refractivity contribution in [2.75, 3.05) is 24.1 Å². The van der Waals surface area contributed by atoms with Crippen LogP contribution in [0.25, 0.3) is 0 Å². The maximum atomic E-state index is 12.3. The number of benzene rings is 2. The van der Waals surface area contributed by atoms with Crippen LogP contribution < -0.4 is 16.4 Å². The highest BCUT2D eigenvalue weighted by molar-refractivity contribution is 7.10. The number of anilines is 2. The third-order valence-corrected chi connectivity index (χ3v) is 6.34. The van der Waals surface area contributed by atoms with Gasteiger partial charge in [0.25, 0.3) is 0 Å². The zero-order chi connectivity index (χ0) is 24.9. The van der Waals surface area contributed by atoms with Crippen molar-refractivity contribution in [3.8, 4) is 0 Å². The predicted molar refractivity (Wildman–Crippen MR) is 156 cm³/mol. The van der Waals surface area contributed by atoms with E-state index in [0.717, 1.165) is 49.0 Å². The van der Waals surface area contributed by atoms with Crippen molar-refractivity contribution in [3.05, 3.63) is 76.1 Å². The molecule has 3 rings (SSSR count). The summed E-state index contributed by atoms with van der Waals surface area (Å²) >= 11 is 1.38. The van der Waals surface area contributed by atoms with Gasteiger partial charge in [-0.25, -0.2) is 4.98 Å². The Balaban J connectivity index is 0.00000342. The molecule has 2 aromatic carbocycles. The van der Waals surface area contributed by atoms with Crippen LogP contribution in [-0.2, 0) is 27.2 Å². The number of carbonyl (C=O) groups excluding carboxylic acids is 2. The number of rotatable bonds is 14. The lowest BCUT2D eigenvalue weighted by Crippen LogP contribution is -2.27. The fourth-order valence-corrected chi connectivity index (χ4v) is 4.28. The van der Waals surface area contributed by atoms with Gasteiger partial charge in [0, 0.05) is 24.0 Å². The molecule has 0 aliphatic heterocycles. The maximum absolute atomic E-state index is 12.3. The first-order valence-electron chi connectivity index (χ1n) is 12.1. The van der Waals surface area contributed by atoms with Crippen molar-refractivity contribution in [3.63, 3.8) is 0 Å². The highest BCUT2D eigenvalue weighted by Crippen LogP contribution is 2.18. The number of ether oxygens (including phenoxy) is 1. The van der Waals surface area contributed by atoms with E-state index in [0.29, 0.717) is 23.8 Å². The molecule has 4 N–H and O–H groups in total. The molecular weight excluding hydrogens is 531 g/mol. The Labute approximate surface area is 235 Å². The van der Waals surface area contributed by atoms with E-state index in [-0.39, 0.29) is 49.2 Å². The summed E-state index contributed by atoms with van der Waals surface area (Å²) in [5.41, 5.74) is 8.49. The van der Waals surface area contributed by atoms with Crippen LogP contribution in [0.15, 0.2) is 60.0 Å². The number of amides is 1. The van der Waals surface area contributed by atoms with Crippen LogP contribution in [0.5, 0.6) is 0 Å². The van der Waals surface area contributed by atoms with Gasteiger partial charge in [0.05, 0.1) is 6.42 Å². The highest BCUT2D eigenvalue weighted by Gasteiger charge is 2.16. The molecule has 10 heteroatoms. The number of nitrogens with two attached hydrogens (primary N) is 1. The Kier molecular flexibility index (Phi) is 15.5. The zero-order valence-corrected chi connectivity index (χ0v) is 23.4. The lowest BCUT2D eigenvalue weighted by Gasteiger charge is -2.19. The van der Waals surface area contributed by atoms with Gasteiger partial charge in [0.15, 0.2) is 0 Å². The summed E-state index contributed by atoms with van der Waals surface area (Å²) < 4.78 is 5.78. The quantitative estimate of drug-likeness (QED) is 0.169. The number of hydrogen-bond donors (Lipinski definition) is 3. The number of aromatic nitrogens is 1. The van der Waals surface area contributed by atoms with Gasteiger partial charge in [-0.2, -0.15) is 0 Å². The first kappa shape index (κ1) is 32.4. The monoisotopic (exact) mass is 566 g/mol. The summed E-state index contributed by atoms with van der Waals surface area (Å²) in [6, 6.07) is 17.6. The number of nitrogen functional groups attached to an aromatic ring is 1. The van der Waals surface area contributed by atoms with Crippen LogP contribution in [-0.4, -0.2) is 29.9 Å². The SMILES string of the molecule is CCCCCC(=O)OC(CNCCc1ccc(NC(=O)Cc2nc(N)cs2)cc1)c1ccccc1.Cl.Cl. The molecule has 1 atom stereocenters. The lowest BCUT2D eigenvalue weighted by molar-refractivity contribution is -0.149. The van der Waals surface area contributed by atoms with Crippen molar-refractivity contribution in [2.24, 2.45) is 0 Å². The van der Waals surface area contributed by atoms with E-state index >= 15 is 0 Å². The summed E-state index contributed by atoms with van der Waals surface area (Å²) in [5.74, 6) is 0.172. The van der Waals surface area contributed by atoms with Crippen LogP contribution in [0.3, 0.4) is 0 Å². The maximum Gasteiger partial charge on any atom is 0.306 e. The molecule has 37 heavy (non-hydrogen) atoms. The van der Waals surface area contributed by atoms with Gasteiger partial charge < -0.3 is 21.1 Å². The molecule has 0 fully saturated rings. The molecule has 1 aromatic heterocycles. The van der Waals surface area contributed by atoms with Gasteiger partial charge in [-0.05, 0) is 42.6 Å². The van der Waals surface area contributed by atoms with Gasteiger partial charge in [-0.1, -0.05) is 62.2 Å². The Bertz CT molecular complexity index is 1070. The van der Waals surface area contributed by atoms with Gasteiger partial charge in [0.1, 0.15) is 16.9 Å². The molecule has 0 radical (unpaired) electrons. The third kappa shape index (κ3) is 12.0. The number of thiazole rings is 1. The van der Waals surface area contributed by atoms with Crippen molar-refractivity contribution < 1.29 is 14.3 Å².